The number of amides is 1. The van der Waals surface area contributed by atoms with Crippen molar-refractivity contribution < 1.29 is 9.90 Å². The summed E-state index contributed by atoms with van der Waals surface area (Å²) in [4.78, 5) is 21.4. The van der Waals surface area contributed by atoms with Crippen LogP contribution < -0.4 is 0 Å². The molecule has 0 atom stereocenters. The minimum absolute atomic E-state index is 0.336. The Kier molecular flexibility index (Phi) is 4.67. The van der Waals surface area contributed by atoms with E-state index < -0.39 is 6.09 Å². The van der Waals surface area contributed by atoms with Crippen LogP contribution in [0.3, 0.4) is 0 Å². The van der Waals surface area contributed by atoms with Crippen LogP contribution in [0.1, 0.15) is 39.7 Å². The van der Waals surface area contributed by atoms with Crippen molar-refractivity contribution in [2.75, 3.05) is 6.54 Å². The third kappa shape index (κ3) is 3.20. The van der Waals surface area contributed by atoms with Crippen molar-refractivity contribution in [2.24, 2.45) is 5.92 Å². The van der Waals surface area contributed by atoms with Crippen molar-refractivity contribution >= 4 is 51.3 Å². The van der Waals surface area contributed by atoms with Gasteiger partial charge in [0.05, 0.1) is 5.39 Å². The number of nitrogens with zero attached hydrogens (tertiary/aromatic N) is 4. The molecule has 1 aliphatic rings. The van der Waals surface area contributed by atoms with Crippen LogP contribution in [0.25, 0.3) is 11.0 Å². The van der Waals surface area contributed by atoms with Crippen LogP contribution in [0.2, 0.25) is 5.15 Å². The highest BCUT2D eigenvalue weighted by Crippen LogP contribution is 2.42. The number of hydrogen-bond acceptors (Lipinski definition) is 3. The molecule has 2 heterocycles. The van der Waals surface area contributed by atoms with Crippen LogP contribution in [-0.4, -0.2) is 42.7 Å². The van der Waals surface area contributed by atoms with Gasteiger partial charge in [-0.2, -0.15) is 0 Å². The van der Waals surface area contributed by atoms with Crippen molar-refractivity contribution in [2.45, 2.75) is 45.2 Å². The fourth-order valence-corrected chi connectivity index (χ4v) is 4.44. The summed E-state index contributed by atoms with van der Waals surface area (Å²) < 4.78 is 3.20. The van der Waals surface area contributed by atoms with E-state index in [0.717, 1.165) is 27.4 Å². The first-order chi connectivity index (χ1) is 11.2. The third-order valence-corrected chi connectivity index (χ3v) is 5.71. The first-order valence-electron chi connectivity index (χ1n) is 7.85. The molecular weight excluding hydrogens is 443 g/mol. The van der Waals surface area contributed by atoms with Gasteiger partial charge in [0.1, 0.15) is 17.1 Å². The number of carbonyl (C=O) groups is 1. The maximum absolute atomic E-state index is 11.5. The summed E-state index contributed by atoms with van der Waals surface area (Å²) in [5.41, 5.74) is 0.474. The lowest BCUT2D eigenvalue weighted by Gasteiger charge is -2.42. The van der Waals surface area contributed by atoms with E-state index in [9.17, 15) is 9.90 Å². The maximum atomic E-state index is 11.5. The van der Waals surface area contributed by atoms with Crippen LogP contribution in [0.15, 0.2) is 12.5 Å². The molecule has 8 heteroatoms. The lowest BCUT2D eigenvalue weighted by Crippen LogP contribution is -2.49. The third-order valence-electron chi connectivity index (χ3n) is 4.60. The number of fused-ring (bicyclic) bond motifs is 1. The summed E-state index contributed by atoms with van der Waals surface area (Å²) in [5.74, 6) is 0.373. The van der Waals surface area contributed by atoms with Crippen LogP contribution in [0, 0.1) is 9.49 Å². The molecular formula is C16H20ClIN4O2. The van der Waals surface area contributed by atoms with Gasteiger partial charge in [0, 0.05) is 27.9 Å². The second-order valence-corrected chi connectivity index (χ2v) is 8.82. The lowest BCUT2D eigenvalue weighted by atomic mass is 9.79. The van der Waals surface area contributed by atoms with E-state index in [0.29, 0.717) is 23.7 Å². The predicted molar refractivity (Wildman–Crippen MR) is 101 cm³/mol. The number of carboxylic acid groups (broad SMARTS) is 1. The van der Waals surface area contributed by atoms with Crippen LogP contribution >= 0.6 is 34.2 Å². The number of rotatable bonds is 3. The number of aromatic nitrogens is 3. The molecule has 1 aliphatic carbocycles. The first kappa shape index (κ1) is 17.7. The average molecular weight is 463 g/mol. The molecule has 2 aromatic rings. The Labute approximate surface area is 159 Å². The second-order valence-electron chi connectivity index (χ2n) is 7.30. The van der Waals surface area contributed by atoms with Crippen LogP contribution in [-0.2, 0) is 0 Å². The second kappa shape index (κ2) is 6.33. The Morgan fingerprint density at radius 3 is 2.71 bits per heavy atom. The Morgan fingerprint density at radius 2 is 2.12 bits per heavy atom. The van der Waals surface area contributed by atoms with Gasteiger partial charge in [0.2, 0.25) is 0 Å². The molecule has 1 amide bonds. The molecule has 24 heavy (non-hydrogen) atoms. The van der Waals surface area contributed by atoms with Gasteiger partial charge < -0.3 is 14.6 Å². The molecule has 6 nitrogen and oxygen atoms in total. The quantitative estimate of drug-likeness (QED) is 0.541. The van der Waals surface area contributed by atoms with E-state index in [1.165, 1.54) is 11.2 Å². The van der Waals surface area contributed by atoms with Gasteiger partial charge in [-0.05, 0) is 62.1 Å². The smallest absolute Gasteiger partial charge is 0.407 e. The monoisotopic (exact) mass is 462 g/mol. The first-order valence-corrected chi connectivity index (χ1v) is 9.31. The Morgan fingerprint density at radius 1 is 1.46 bits per heavy atom. The number of hydrogen-bond donors (Lipinski definition) is 1. The molecule has 0 bridgehead atoms. The minimum Gasteiger partial charge on any atom is -0.465 e. The van der Waals surface area contributed by atoms with Crippen molar-refractivity contribution in [3.63, 3.8) is 0 Å². The van der Waals surface area contributed by atoms with E-state index in [1.807, 2.05) is 20.8 Å². The van der Waals surface area contributed by atoms with Crippen molar-refractivity contribution in [3.05, 3.63) is 21.2 Å². The van der Waals surface area contributed by atoms with E-state index in [2.05, 4.69) is 43.3 Å². The van der Waals surface area contributed by atoms with Crippen molar-refractivity contribution in [1.82, 2.24) is 19.4 Å². The highest BCUT2D eigenvalue weighted by molar-refractivity contribution is 14.1. The van der Waals surface area contributed by atoms with Gasteiger partial charge in [-0.1, -0.05) is 11.6 Å². The van der Waals surface area contributed by atoms with Gasteiger partial charge in [-0.3, -0.25) is 0 Å². The largest absolute Gasteiger partial charge is 0.465 e. The topological polar surface area (TPSA) is 71.2 Å². The van der Waals surface area contributed by atoms with Crippen molar-refractivity contribution in [1.29, 1.82) is 0 Å². The SMILES string of the molecule is CC(C)(C)N(CC1CC(n2cc(I)c3c(Cl)ncnc32)C1)C(=O)O. The zero-order valence-electron chi connectivity index (χ0n) is 13.8. The highest BCUT2D eigenvalue weighted by Gasteiger charge is 2.37. The van der Waals surface area contributed by atoms with E-state index in [-0.39, 0.29) is 5.54 Å². The summed E-state index contributed by atoms with van der Waals surface area (Å²) in [7, 11) is 0. The van der Waals surface area contributed by atoms with Gasteiger partial charge in [0.25, 0.3) is 0 Å². The van der Waals surface area contributed by atoms with E-state index >= 15 is 0 Å². The molecule has 0 aliphatic heterocycles. The lowest BCUT2D eigenvalue weighted by molar-refractivity contribution is 0.0635. The van der Waals surface area contributed by atoms with Gasteiger partial charge in [0.15, 0.2) is 0 Å². The summed E-state index contributed by atoms with van der Waals surface area (Å²) in [6, 6.07) is 0.336. The molecule has 2 aromatic heterocycles. The minimum atomic E-state index is -0.855. The molecule has 1 fully saturated rings. The molecule has 3 rings (SSSR count). The fraction of sp³-hybridized carbons (Fsp3) is 0.562. The Hall–Kier alpha value is -1.09. The average Bonchev–Trinajstić information content (AvgIpc) is 2.73. The predicted octanol–water partition coefficient (Wildman–Crippen LogP) is 4.42. The normalized spacial score (nSPS) is 20.9. The molecule has 0 unspecified atom stereocenters. The molecule has 1 N–H and O–H groups in total. The summed E-state index contributed by atoms with van der Waals surface area (Å²) >= 11 is 8.43. The standard InChI is InChI=1S/C16H20ClIN4O2/c1-16(2,3)22(15(23)24)6-9-4-10(5-9)21-7-11(18)12-13(17)19-8-20-14(12)21/h7-10H,4-6H2,1-3H3,(H,23,24). The maximum Gasteiger partial charge on any atom is 0.407 e. The fourth-order valence-electron chi connectivity index (χ4n) is 3.26. The Bertz CT molecular complexity index is 780. The number of halogens is 2. The zero-order chi connectivity index (χ0) is 17.6. The molecule has 0 saturated heterocycles. The molecule has 0 radical (unpaired) electrons. The van der Waals surface area contributed by atoms with Crippen LogP contribution in [0.5, 0.6) is 0 Å². The molecule has 0 aromatic carbocycles. The molecule has 130 valence electrons. The molecule has 0 spiro atoms. The van der Waals surface area contributed by atoms with E-state index in [1.54, 1.807) is 0 Å². The van der Waals surface area contributed by atoms with Crippen LogP contribution in [0.4, 0.5) is 4.79 Å². The van der Waals surface area contributed by atoms with Crippen molar-refractivity contribution in [3.8, 4) is 0 Å². The highest BCUT2D eigenvalue weighted by atomic mass is 127. The Balaban J connectivity index is 1.74. The molecule has 1 saturated carbocycles. The van der Waals surface area contributed by atoms with Gasteiger partial charge in [-0.25, -0.2) is 14.8 Å². The zero-order valence-corrected chi connectivity index (χ0v) is 16.7. The van der Waals surface area contributed by atoms with Gasteiger partial charge in [-0.15, -0.1) is 0 Å². The summed E-state index contributed by atoms with van der Waals surface area (Å²) in [5, 5.41) is 10.8. The summed E-state index contributed by atoms with van der Waals surface area (Å²) in [6.07, 6.45) is 4.58. The summed E-state index contributed by atoms with van der Waals surface area (Å²) in [6.45, 7) is 6.36. The van der Waals surface area contributed by atoms with Gasteiger partial charge >= 0.3 is 6.09 Å². The van der Waals surface area contributed by atoms with E-state index in [4.69, 9.17) is 11.6 Å².